The van der Waals surface area contributed by atoms with Gasteiger partial charge in [-0.3, -0.25) is 0 Å². The number of aromatic nitrogens is 4. The molecule has 2 aromatic heterocycles. The Hall–Kier alpha value is -2.22. The number of hydrogen-bond donors (Lipinski definition) is 2. The van der Waals surface area contributed by atoms with Crippen LogP contribution in [0.3, 0.4) is 0 Å². The van der Waals surface area contributed by atoms with Crippen LogP contribution in [0.2, 0.25) is 0 Å². The molecule has 0 fully saturated rings. The molecule has 0 aliphatic rings. The molecule has 0 aliphatic carbocycles. The van der Waals surface area contributed by atoms with Gasteiger partial charge in [0.1, 0.15) is 18.2 Å². The molecule has 0 atom stereocenters. The maximum absolute atomic E-state index is 5.73. The molecule has 20 heavy (non-hydrogen) atoms. The SMILES string of the molecule is CCOCc1nc(N)cc(NCCc2nc(C)no2)n1. The van der Waals surface area contributed by atoms with Crippen molar-refractivity contribution in [3.63, 3.8) is 0 Å². The van der Waals surface area contributed by atoms with Gasteiger partial charge in [-0.1, -0.05) is 5.16 Å². The summed E-state index contributed by atoms with van der Waals surface area (Å²) < 4.78 is 10.3. The van der Waals surface area contributed by atoms with E-state index >= 15 is 0 Å². The van der Waals surface area contributed by atoms with E-state index in [-0.39, 0.29) is 0 Å². The minimum absolute atomic E-state index is 0.346. The Morgan fingerprint density at radius 3 is 2.90 bits per heavy atom. The maximum atomic E-state index is 5.73. The Bertz CT molecular complexity index is 557. The fraction of sp³-hybridized carbons (Fsp3) is 0.500. The number of ether oxygens (including phenoxy) is 1. The molecule has 0 amide bonds. The lowest BCUT2D eigenvalue weighted by molar-refractivity contribution is 0.128. The second kappa shape index (κ2) is 6.80. The lowest BCUT2D eigenvalue weighted by Gasteiger charge is -2.07. The normalized spacial score (nSPS) is 10.7. The summed E-state index contributed by atoms with van der Waals surface area (Å²) in [5, 5.41) is 6.87. The van der Waals surface area contributed by atoms with Crippen LogP contribution in [0.4, 0.5) is 11.6 Å². The van der Waals surface area contributed by atoms with Crippen LogP contribution in [0.5, 0.6) is 0 Å². The molecular weight excluding hydrogens is 260 g/mol. The third-order valence-corrected chi connectivity index (χ3v) is 2.44. The van der Waals surface area contributed by atoms with E-state index in [2.05, 4.69) is 25.4 Å². The van der Waals surface area contributed by atoms with Gasteiger partial charge in [0.05, 0.1) is 0 Å². The standard InChI is InChI=1S/C12H18N6O2/c1-3-19-7-11-16-9(13)6-10(17-11)14-5-4-12-15-8(2)18-20-12/h6H,3-5,7H2,1-2H3,(H3,13,14,16,17). The molecule has 0 spiro atoms. The Balaban J connectivity index is 1.89. The minimum atomic E-state index is 0.346. The molecule has 0 saturated heterocycles. The van der Waals surface area contributed by atoms with Gasteiger partial charge in [-0.15, -0.1) is 0 Å². The number of nitrogens with two attached hydrogens (primary N) is 1. The average molecular weight is 278 g/mol. The van der Waals surface area contributed by atoms with E-state index < -0.39 is 0 Å². The van der Waals surface area contributed by atoms with Crippen molar-refractivity contribution in [1.82, 2.24) is 20.1 Å². The molecular formula is C12H18N6O2. The van der Waals surface area contributed by atoms with Crippen molar-refractivity contribution in [3.8, 4) is 0 Å². The second-order valence-corrected chi connectivity index (χ2v) is 4.14. The first-order chi connectivity index (χ1) is 9.67. The van der Waals surface area contributed by atoms with Crippen LogP contribution in [0.25, 0.3) is 0 Å². The molecule has 3 N–H and O–H groups in total. The van der Waals surface area contributed by atoms with Gasteiger partial charge in [-0.2, -0.15) is 4.98 Å². The van der Waals surface area contributed by atoms with Crippen LogP contribution in [0.15, 0.2) is 10.6 Å². The van der Waals surface area contributed by atoms with Gasteiger partial charge >= 0.3 is 0 Å². The molecule has 0 bridgehead atoms. The molecule has 108 valence electrons. The largest absolute Gasteiger partial charge is 0.384 e. The first kappa shape index (κ1) is 14.2. The van der Waals surface area contributed by atoms with Crippen LogP contribution in [0.1, 0.15) is 24.5 Å². The zero-order chi connectivity index (χ0) is 14.4. The number of nitrogens with one attached hydrogen (secondary N) is 1. The fourth-order valence-electron chi connectivity index (χ4n) is 1.61. The van der Waals surface area contributed by atoms with E-state index in [1.54, 1.807) is 13.0 Å². The summed E-state index contributed by atoms with van der Waals surface area (Å²) in [5.41, 5.74) is 5.73. The summed E-state index contributed by atoms with van der Waals surface area (Å²) in [4.78, 5) is 12.5. The van der Waals surface area contributed by atoms with Crippen molar-refractivity contribution in [2.24, 2.45) is 0 Å². The molecule has 8 nitrogen and oxygen atoms in total. The van der Waals surface area contributed by atoms with Crippen molar-refractivity contribution in [2.75, 3.05) is 24.2 Å². The van der Waals surface area contributed by atoms with Gasteiger partial charge in [-0.05, 0) is 13.8 Å². The van der Waals surface area contributed by atoms with Crippen LogP contribution >= 0.6 is 0 Å². The number of rotatable bonds is 7. The Kier molecular flexibility index (Phi) is 4.83. The van der Waals surface area contributed by atoms with Gasteiger partial charge in [0.25, 0.3) is 0 Å². The van der Waals surface area contributed by atoms with E-state index in [4.69, 9.17) is 15.0 Å². The predicted octanol–water partition coefficient (Wildman–Crippen LogP) is 0.941. The smallest absolute Gasteiger partial charge is 0.228 e. The van der Waals surface area contributed by atoms with Gasteiger partial charge in [0.2, 0.25) is 5.89 Å². The molecule has 0 saturated carbocycles. The first-order valence-corrected chi connectivity index (χ1v) is 6.41. The average Bonchev–Trinajstić information content (AvgIpc) is 2.81. The summed E-state index contributed by atoms with van der Waals surface area (Å²) in [6.45, 7) is 5.27. The molecule has 8 heteroatoms. The molecule has 0 radical (unpaired) electrons. The lowest BCUT2D eigenvalue weighted by Crippen LogP contribution is -2.10. The molecule has 2 rings (SSSR count). The summed E-state index contributed by atoms with van der Waals surface area (Å²) in [5.74, 6) is 2.84. The van der Waals surface area contributed by atoms with Crippen molar-refractivity contribution >= 4 is 11.6 Å². The van der Waals surface area contributed by atoms with Crippen molar-refractivity contribution in [3.05, 3.63) is 23.6 Å². The highest BCUT2D eigenvalue weighted by molar-refractivity contribution is 5.44. The van der Waals surface area contributed by atoms with Gasteiger partial charge in [0, 0.05) is 25.6 Å². The quantitative estimate of drug-likeness (QED) is 0.769. The third-order valence-electron chi connectivity index (χ3n) is 2.44. The van der Waals surface area contributed by atoms with E-state index in [9.17, 15) is 0 Å². The highest BCUT2D eigenvalue weighted by atomic mass is 16.5. The Morgan fingerprint density at radius 2 is 2.20 bits per heavy atom. The zero-order valence-corrected chi connectivity index (χ0v) is 11.6. The van der Waals surface area contributed by atoms with Crippen molar-refractivity contribution in [1.29, 1.82) is 0 Å². The summed E-state index contributed by atoms with van der Waals surface area (Å²) in [6.07, 6.45) is 0.617. The maximum Gasteiger partial charge on any atom is 0.228 e. The summed E-state index contributed by atoms with van der Waals surface area (Å²) >= 11 is 0. The van der Waals surface area contributed by atoms with Crippen LogP contribution < -0.4 is 11.1 Å². The minimum Gasteiger partial charge on any atom is -0.384 e. The summed E-state index contributed by atoms with van der Waals surface area (Å²) in [6, 6.07) is 1.68. The number of anilines is 2. The number of nitrogen functional groups attached to an aromatic ring is 1. The van der Waals surface area contributed by atoms with Crippen LogP contribution in [-0.2, 0) is 17.8 Å². The van der Waals surface area contributed by atoms with Crippen molar-refractivity contribution < 1.29 is 9.26 Å². The summed E-state index contributed by atoms with van der Waals surface area (Å²) in [7, 11) is 0. The molecule has 2 aromatic rings. The van der Waals surface area contributed by atoms with E-state index in [1.807, 2.05) is 6.92 Å². The third kappa shape index (κ3) is 4.16. The number of nitrogens with zero attached hydrogens (tertiary/aromatic N) is 4. The number of aryl methyl sites for hydroxylation is 1. The molecule has 0 aliphatic heterocycles. The monoisotopic (exact) mass is 278 g/mol. The van der Waals surface area contributed by atoms with Crippen LogP contribution in [-0.4, -0.2) is 33.3 Å². The lowest BCUT2D eigenvalue weighted by atomic mass is 10.4. The Labute approximate surface area is 116 Å². The predicted molar refractivity (Wildman–Crippen MR) is 73.0 cm³/mol. The second-order valence-electron chi connectivity index (χ2n) is 4.14. The highest BCUT2D eigenvalue weighted by Gasteiger charge is 2.05. The Morgan fingerprint density at radius 1 is 1.35 bits per heavy atom. The van der Waals surface area contributed by atoms with E-state index in [0.29, 0.717) is 55.4 Å². The molecule has 0 aromatic carbocycles. The topological polar surface area (TPSA) is 112 Å². The van der Waals surface area contributed by atoms with Crippen LogP contribution in [0, 0.1) is 6.92 Å². The van der Waals surface area contributed by atoms with Gasteiger partial charge in [-0.25, -0.2) is 9.97 Å². The number of hydrogen-bond acceptors (Lipinski definition) is 8. The van der Waals surface area contributed by atoms with Gasteiger partial charge in [0.15, 0.2) is 11.6 Å². The fourth-order valence-corrected chi connectivity index (χ4v) is 1.61. The molecule has 0 unspecified atom stereocenters. The van der Waals surface area contributed by atoms with Crippen molar-refractivity contribution in [2.45, 2.75) is 26.9 Å². The highest BCUT2D eigenvalue weighted by Crippen LogP contribution is 2.09. The van der Waals surface area contributed by atoms with Gasteiger partial charge < -0.3 is 20.3 Å². The zero-order valence-electron chi connectivity index (χ0n) is 11.6. The molecule has 2 heterocycles. The van der Waals surface area contributed by atoms with E-state index in [1.165, 1.54) is 0 Å². The first-order valence-electron chi connectivity index (χ1n) is 6.41. The van der Waals surface area contributed by atoms with E-state index in [0.717, 1.165) is 0 Å².